The maximum absolute atomic E-state index is 12.6. The Hall–Kier alpha value is -1.51. The Morgan fingerprint density at radius 2 is 1.88 bits per heavy atom. The van der Waals surface area contributed by atoms with Crippen molar-refractivity contribution in [3.63, 3.8) is 0 Å². The molecule has 0 radical (unpaired) electrons. The minimum atomic E-state index is -3.95. The van der Waals surface area contributed by atoms with Gasteiger partial charge in [0, 0.05) is 6.54 Å². The summed E-state index contributed by atoms with van der Waals surface area (Å²) in [6.07, 6.45) is -1.83. The third-order valence-electron chi connectivity index (χ3n) is 1.88. The van der Waals surface area contributed by atoms with Gasteiger partial charge in [-0.15, -0.1) is 0 Å². The van der Waals surface area contributed by atoms with Crippen molar-refractivity contribution in [2.45, 2.75) is 11.0 Å². The molecule has 94 valence electrons. The van der Waals surface area contributed by atoms with Gasteiger partial charge in [0.05, 0.1) is 4.90 Å². The molecule has 0 aliphatic rings. The maximum atomic E-state index is 12.6. The Balaban J connectivity index is 2.76. The van der Waals surface area contributed by atoms with Crippen molar-refractivity contribution in [3.8, 4) is 0 Å². The van der Waals surface area contributed by atoms with Crippen LogP contribution >= 0.6 is 0 Å². The van der Waals surface area contributed by atoms with Gasteiger partial charge in [-0.3, -0.25) is 0 Å². The molecule has 1 rings (SSSR count). The molecule has 1 aromatic carbocycles. The summed E-state index contributed by atoms with van der Waals surface area (Å²) in [6, 6.07) is 3.99. The minimum absolute atomic E-state index is 0.212. The zero-order chi connectivity index (χ0) is 13.1. The third-order valence-corrected chi connectivity index (χ3v) is 3.32. The Bertz CT molecular complexity index is 499. The smallest absolute Gasteiger partial charge is 0.333 e. The second kappa shape index (κ2) is 5.21. The highest BCUT2D eigenvalue weighted by atomic mass is 32.2. The number of sulfonamides is 1. The lowest BCUT2D eigenvalue weighted by atomic mass is 10.4. The van der Waals surface area contributed by atoms with Crippen LogP contribution in [0.1, 0.15) is 0 Å². The molecule has 17 heavy (non-hydrogen) atoms. The average molecular weight is 263 g/mol. The van der Waals surface area contributed by atoms with Gasteiger partial charge in [-0.25, -0.2) is 22.3 Å². The fourth-order valence-electron chi connectivity index (χ4n) is 0.973. The van der Waals surface area contributed by atoms with Crippen molar-refractivity contribution in [1.29, 1.82) is 0 Å². The normalized spacial score (nSPS) is 13.3. The van der Waals surface area contributed by atoms with E-state index in [1.54, 1.807) is 0 Å². The number of hydrogen-bond acceptors (Lipinski definition) is 4. The van der Waals surface area contributed by atoms with Gasteiger partial charge in [0.25, 0.3) is 0 Å². The number of hydrogen-bond donors (Lipinski definition) is 3. The first-order valence-corrected chi connectivity index (χ1v) is 5.97. The van der Waals surface area contributed by atoms with Gasteiger partial charge >= 0.3 is 5.97 Å². The van der Waals surface area contributed by atoms with Crippen molar-refractivity contribution in [3.05, 3.63) is 30.1 Å². The molecule has 0 aromatic heterocycles. The predicted octanol–water partition coefficient (Wildman–Crippen LogP) is -0.451. The van der Waals surface area contributed by atoms with Gasteiger partial charge in [0.15, 0.2) is 6.10 Å². The second-order valence-electron chi connectivity index (χ2n) is 3.16. The molecule has 0 heterocycles. The Labute approximate surface area is 96.8 Å². The largest absolute Gasteiger partial charge is 0.479 e. The molecular formula is C9H10FNO5S. The van der Waals surface area contributed by atoms with Gasteiger partial charge in [-0.05, 0) is 24.3 Å². The van der Waals surface area contributed by atoms with E-state index in [-0.39, 0.29) is 4.90 Å². The number of nitrogens with one attached hydrogen (secondary N) is 1. The zero-order valence-corrected chi connectivity index (χ0v) is 9.32. The number of carboxylic acid groups (broad SMARTS) is 1. The summed E-state index contributed by atoms with van der Waals surface area (Å²) in [6.45, 7) is -0.658. The Morgan fingerprint density at radius 3 is 2.35 bits per heavy atom. The van der Waals surface area contributed by atoms with Crippen LogP contribution in [0.15, 0.2) is 29.2 Å². The Morgan fingerprint density at radius 1 is 1.35 bits per heavy atom. The van der Waals surface area contributed by atoms with Crippen molar-refractivity contribution in [2.75, 3.05) is 6.54 Å². The summed E-state index contributed by atoms with van der Waals surface area (Å²) < 4.78 is 37.5. The first kappa shape index (κ1) is 13.6. The molecule has 0 fully saturated rings. The number of aliphatic hydroxyl groups is 1. The molecule has 0 saturated carbocycles. The topological polar surface area (TPSA) is 104 Å². The highest BCUT2D eigenvalue weighted by molar-refractivity contribution is 7.89. The average Bonchev–Trinajstić information content (AvgIpc) is 2.26. The minimum Gasteiger partial charge on any atom is -0.479 e. The van der Waals surface area contributed by atoms with Crippen LogP contribution < -0.4 is 4.72 Å². The van der Waals surface area contributed by atoms with E-state index >= 15 is 0 Å². The zero-order valence-electron chi connectivity index (χ0n) is 8.50. The molecule has 0 aliphatic heterocycles. The molecule has 1 unspecified atom stereocenters. The van der Waals surface area contributed by atoms with Crippen LogP contribution in [0.25, 0.3) is 0 Å². The molecule has 8 heteroatoms. The van der Waals surface area contributed by atoms with E-state index in [1.807, 2.05) is 4.72 Å². The van der Waals surface area contributed by atoms with E-state index in [9.17, 15) is 17.6 Å². The molecule has 0 spiro atoms. The third kappa shape index (κ3) is 3.77. The van der Waals surface area contributed by atoms with Crippen LogP contribution in [0.3, 0.4) is 0 Å². The fourth-order valence-corrected chi connectivity index (χ4v) is 2.01. The van der Waals surface area contributed by atoms with Gasteiger partial charge < -0.3 is 10.2 Å². The van der Waals surface area contributed by atoms with Crippen LogP contribution in [0, 0.1) is 5.82 Å². The summed E-state index contributed by atoms with van der Waals surface area (Å²) in [4.78, 5) is 10.1. The quantitative estimate of drug-likeness (QED) is 0.667. The second-order valence-corrected chi connectivity index (χ2v) is 4.93. The molecule has 0 amide bonds. The first-order chi connectivity index (χ1) is 7.83. The van der Waals surface area contributed by atoms with Gasteiger partial charge in [0.1, 0.15) is 5.82 Å². The Kier molecular flexibility index (Phi) is 4.16. The van der Waals surface area contributed by atoms with Crippen LogP contribution in [-0.4, -0.2) is 37.2 Å². The lowest BCUT2D eigenvalue weighted by molar-refractivity contribution is -0.146. The highest BCUT2D eigenvalue weighted by Crippen LogP contribution is 2.09. The van der Waals surface area contributed by atoms with E-state index in [0.717, 1.165) is 24.3 Å². The summed E-state index contributed by atoms with van der Waals surface area (Å²) in [5.74, 6) is -2.12. The molecular weight excluding hydrogens is 253 g/mol. The SMILES string of the molecule is O=C(O)C(O)CNS(=O)(=O)c1ccc(F)cc1. The highest BCUT2D eigenvalue weighted by Gasteiger charge is 2.19. The number of aliphatic carboxylic acids is 1. The summed E-state index contributed by atoms with van der Waals surface area (Å²) in [5.41, 5.74) is 0. The number of carboxylic acids is 1. The van der Waals surface area contributed by atoms with Gasteiger partial charge in [-0.1, -0.05) is 0 Å². The van der Waals surface area contributed by atoms with Gasteiger partial charge in [0.2, 0.25) is 10.0 Å². The molecule has 0 bridgehead atoms. The van der Waals surface area contributed by atoms with Crippen LogP contribution in [0.4, 0.5) is 4.39 Å². The van der Waals surface area contributed by atoms with Crippen molar-refractivity contribution >= 4 is 16.0 Å². The van der Waals surface area contributed by atoms with Crippen LogP contribution in [0.2, 0.25) is 0 Å². The molecule has 1 atom stereocenters. The predicted molar refractivity (Wildman–Crippen MR) is 55.2 cm³/mol. The maximum Gasteiger partial charge on any atom is 0.333 e. The van der Waals surface area contributed by atoms with Crippen LogP contribution in [-0.2, 0) is 14.8 Å². The van der Waals surface area contributed by atoms with E-state index < -0.39 is 34.5 Å². The summed E-state index contributed by atoms with van der Waals surface area (Å²) in [7, 11) is -3.95. The molecule has 0 saturated heterocycles. The summed E-state index contributed by atoms with van der Waals surface area (Å²) in [5, 5.41) is 17.2. The lowest BCUT2D eigenvalue weighted by Crippen LogP contribution is -2.36. The van der Waals surface area contributed by atoms with Gasteiger partial charge in [-0.2, -0.15) is 0 Å². The number of halogens is 1. The molecule has 1 aromatic rings. The molecule has 0 aliphatic carbocycles. The monoisotopic (exact) mass is 263 g/mol. The lowest BCUT2D eigenvalue weighted by Gasteiger charge is -2.08. The molecule has 3 N–H and O–H groups in total. The van der Waals surface area contributed by atoms with E-state index in [0.29, 0.717) is 0 Å². The number of rotatable bonds is 5. The fraction of sp³-hybridized carbons (Fsp3) is 0.222. The van der Waals surface area contributed by atoms with Crippen LogP contribution in [0.5, 0.6) is 0 Å². The summed E-state index contributed by atoms with van der Waals surface area (Å²) >= 11 is 0. The van der Waals surface area contributed by atoms with Crippen molar-refractivity contribution in [2.24, 2.45) is 0 Å². The van der Waals surface area contributed by atoms with Crippen molar-refractivity contribution in [1.82, 2.24) is 4.72 Å². The van der Waals surface area contributed by atoms with E-state index in [4.69, 9.17) is 10.2 Å². The first-order valence-electron chi connectivity index (χ1n) is 4.49. The number of aliphatic hydroxyl groups excluding tert-OH is 1. The van der Waals surface area contributed by atoms with E-state index in [2.05, 4.69) is 0 Å². The standard InChI is InChI=1S/C9H10FNO5S/c10-6-1-3-7(4-2-6)17(15,16)11-5-8(12)9(13)14/h1-4,8,11-12H,5H2,(H,13,14). The van der Waals surface area contributed by atoms with Crippen molar-refractivity contribution < 1.29 is 27.8 Å². The number of benzene rings is 1. The number of carbonyl (C=O) groups is 1. The van der Waals surface area contributed by atoms with E-state index in [1.165, 1.54) is 0 Å². The molecule has 6 nitrogen and oxygen atoms in total.